The van der Waals surface area contributed by atoms with Crippen LogP contribution in [0.1, 0.15) is 60.8 Å². The number of pyridine rings is 4. The lowest BCUT2D eigenvalue weighted by atomic mass is 9.32. The summed E-state index contributed by atoms with van der Waals surface area (Å²) in [5.41, 5.74) is 6.13. The predicted molar refractivity (Wildman–Crippen MR) is 131 cm³/mol. The van der Waals surface area contributed by atoms with Crippen LogP contribution in [0.2, 0.25) is 0 Å². The Balaban J connectivity index is 1.53. The molecule has 4 aromatic heterocycles. The quantitative estimate of drug-likeness (QED) is 0.405. The number of nitrogens with zero attached hydrogens (tertiary/aromatic N) is 4. The highest BCUT2D eigenvalue weighted by Crippen LogP contribution is 2.74. The van der Waals surface area contributed by atoms with Gasteiger partial charge >= 0.3 is 0 Å². The maximum absolute atomic E-state index is 4.37. The van der Waals surface area contributed by atoms with E-state index in [0.717, 1.165) is 0 Å². The van der Waals surface area contributed by atoms with Gasteiger partial charge in [-0.05, 0) is 131 Å². The fraction of sp³-hybridized carbons (Fsp3) is 0.333. The first-order valence-corrected chi connectivity index (χ1v) is 12.3. The van der Waals surface area contributed by atoms with E-state index in [0.29, 0.717) is 0 Å². The van der Waals surface area contributed by atoms with Crippen molar-refractivity contribution in [2.45, 2.75) is 60.2 Å². The molecule has 8 rings (SSSR count). The molecule has 4 nitrogen and oxygen atoms in total. The Bertz CT molecular complexity index is 1060. The zero-order chi connectivity index (χ0) is 22.7. The molecule has 34 heavy (non-hydrogen) atoms. The summed E-state index contributed by atoms with van der Waals surface area (Å²) in [5, 5.41) is 0. The number of rotatable bonds is 4. The van der Waals surface area contributed by atoms with Gasteiger partial charge in [0.05, 0.1) is 0 Å². The molecule has 0 saturated heterocycles. The van der Waals surface area contributed by atoms with Crippen LogP contribution in [-0.4, -0.2) is 19.9 Å². The van der Waals surface area contributed by atoms with Crippen molar-refractivity contribution in [2.24, 2.45) is 0 Å². The Kier molecular flexibility index (Phi) is 4.15. The smallest absolute Gasteiger partial charge is 0.0270 e. The zero-order valence-electron chi connectivity index (χ0n) is 19.3. The summed E-state index contributed by atoms with van der Waals surface area (Å²) in [6.45, 7) is 0. The Morgan fingerprint density at radius 1 is 0.324 bits per heavy atom. The van der Waals surface area contributed by atoms with Crippen molar-refractivity contribution in [3.63, 3.8) is 0 Å². The van der Waals surface area contributed by atoms with Gasteiger partial charge in [-0.15, -0.1) is 0 Å². The third kappa shape index (κ3) is 2.78. The van der Waals surface area contributed by atoms with Crippen molar-refractivity contribution in [3.05, 3.63) is 120 Å². The minimum atomic E-state index is 0.0908. The Labute approximate surface area is 200 Å². The first kappa shape index (κ1) is 20.0. The summed E-state index contributed by atoms with van der Waals surface area (Å²) in [4.78, 5) is 17.5. The van der Waals surface area contributed by atoms with Crippen molar-refractivity contribution >= 4 is 0 Å². The molecule has 0 radical (unpaired) electrons. The monoisotopic (exact) mass is 444 g/mol. The summed E-state index contributed by atoms with van der Waals surface area (Å²) in [5.74, 6) is 0. The molecule has 4 aromatic rings. The highest BCUT2D eigenvalue weighted by molar-refractivity contribution is 5.48. The summed E-state index contributed by atoms with van der Waals surface area (Å²) in [7, 11) is 0. The van der Waals surface area contributed by atoms with E-state index in [9.17, 15) is 0 Å². The molecule has 0 unspecified atom stereocenters. The summed E-state index contributed by atoms with van der Waals surface area (Å²) in [6, 6.07) is 18.2. The van der Waals surface area contributed by atoms with Gasteiger partial charge in [-0.3, -0.25) is 19.9 Å². The van der Waals surface area contributed by atoms with E-state index in [1.807, 2.05) is 49.6 Å². The lowest BCUT2D eigenvalue weighted by Gasteiger charge is -2.71. The van der Waals surface area contributed by atoms with Crippen molar-refractivity contribution in [3.8, 4) is 0 Å². The van der Waals surface area contributed by atoms with Gasteiger partial charge in [0.15, 0.2) is 0 Å². The fourth-order valence-electron chi connectivity index (χ4n) is 8.68. The molecule has 168 valence electrons. The minimum absolute atomic E-state index is 0.0908. The molecule has 0 amide bonds. The maximum atomic E-state index is 4.37. The summed E-state index contributed by atoms with van der Waals surface area (Å²) < 4.78 is 0. The molecule has 0 N–H and O–H groups in total. The SMILES string of the molecule is c1cc(C23CC4(c5ccncc5)CC(c5ccncc5)(C2)CC(c2ccncc2)(C3)C4)ccn1. The molecular weight excluding hydrogens is 416 g/mol. The van der Waals surface area contributed by atoms with E-state index >= 15 is 0 Å². The molecular formula is C30H28N4. The highest BCUT2D eigenvalue weighted by atomic mass is 14.7. The van der Waals surface area contributed by atoms with E-state index in [1.165, 1.54) is 60.8 Å². The van der Waals surface area contributed by atoms with Crippen molar-refractivity contribution in [2.75, 3.05) is 0 Å². The fourth-order valence-corrected chi connectivity index (χ4v) is 8.68. The van der Waals surface area contributed by atoms with Gasteiger partial charge in [-0.1, -0.05) is 0 Å². The van der Waals surface area contributed by atoms with E-state index in [4.69, 9.17) is 0 Å². The maximum Gasteiger partial charge on any atom is 0.0270 e. The molecule has 4 heterocycles. The van der Waals surface area contributed by atoms with Crippen LogP contribution in [0, 0.1) is 0 Å². The molecule has 4 aliphatic carbocycles. The molecule has 4 saturated carbocycles. The summed E-state index contributed by atoms with van der Waals surface area (Å²) in [6.07, 6.45) is 22.9. The van der Waals surface area contributed by atoms with Crippen LogP contribution in [0.25, 0.3) is 0 Å². The van der Waals surface area contributed by atoms with Gasteiger partial charge in [-0.2, -0.15) is 0 Å². The molecule has 0 aliphatic heterocycles. The first-order chi connectivity index (χ1) is 16.7. The van der Waals surface area contributed by atoms with Gasteiger partial charge < -0.3 is 0 Å². The van der Waals surface area contributed by atoms with Crippen LogP contribution in [0.5, 0.6) is 0 Å². The topological polar surface area (TPSA) is 51.6 Å². The van der Waals surface area contributed by atoms with Gasteiger partial charge in [-0.25, -0.2) is 0 Å². The average Bonchev–Trinajstić information content (AvgIpc) is 2.90. The first-order valence-electron chi connectivity index (χ1n) is 12.3. The van der Waals surface area contributed by atoms with Crippen LogP contribution in [0.4, 0.5) is 0 Å². The summed E-state index contributed by atoms with van der Waals surface area (Å²) >= 11 is 0. The minimum Gasteiger partial charge on any atom is -0.265 e. The van der Waals surface area contributed by atoms with Crippen molar-refractivity contribution in [1.82, 2.24) is 19.9 Å². The second-order valence-electron chi connectivity index (χ2n) is 11.1. The Morgan fingerprint density at radius 3 is 0.676 bits per heavy atom. The second kappa shape index (κ2) is 7.05. The largest absolute Gasteiger partial charge is 0.265 e. The molecule has 4 aliphatic rings. The van der Waals surface area contributed by atoms with Gasteiger partial charge in [0.1, 0.15) is 0 Å². The molecule has 4 heteroatoms. The van der Waals surface area contributed by atoms with E-state index in [1.54, 1.807) is 0 Å². The standard InChI is InChI=1S/C30H28N4/c1-9-31-10-2-23(1)27-17-28(24-3-11-32-12-4-24)20-29(18-27,25-5-13-33-14-6-25)22-30(19-27,21-28)26-7-15-34-16-8-26/h1-16H,17-22H2. The molecule has 0 spiro atoms. The second-order valence-corrected chi connectivity index (χ2v) is 11.1. The highest BCUT2D eigenvalue weighted by Gasteiger charge is 2.69. The van der Waals surface area contributed by atoms with Crippen LogP contribution < -0.4 is 0 Å². The third-order valence-corrected chi connectivity index (χ3v) is 9.23. The molecule has 4 fully saturated rings. The number of aromatic nitrogens is 4. The van der Waals surface area contributed by atoms with Crippen molar-refractivity contribution in [1.29, 1.82) is 0 Å². The van der Waals surface area contributed by atoms with Crippen LogP contribution in [-0.2, 0) is 21.7 Å². The molecule has 0 aromatic carbocycles. The average molecular weight is 445 g/mol. The van der Waals surface area contributed by atoms with Crippen LogP contribution >= 0.6 is 0 Å². The van der Waals surface area contributed by atoms with Gasteiger partial charge in [0.2, 0.25) is 0 Å². The zero-order valence-corrected chi connectivity index (χ0v) is 19.3. The van der Waals surface area contributed by atoms with E-state index < -0.39 is 0 Å². The normalized spacial score (nSPS) is 33.6. The van der Waals surface area contributed by atoms with E-state index in [2.05, 4.69) is 68.5 Å². The lowest BCUT2D eigenvalue weighted by molar-refractivity contribution is -0.0692. The third-order valence-electron chi connectivity index (χ3n) is 9.23. The van der Waals surface area contributed by atoms with Gasteiger partial charge in [0.25, 0.3) is 0 Å². The molecule has 0 atom stereocenters. The number of hydrogen-bond acceptors (Lipinski definition) is 4. The Hall–Kier alpha value is -3.40. The lowest BCUT2D eigenvalue weighted by Crippen LogP contribution is -2.67. The van der Waals surface area contributed by atoms with Crippen LogP contribution in [0.15, 0.2) is 98.1 Å². The van der Waals surface area contributed by atoms with Crippen molar-refractivity contribution < 1.29 is 0 Å². The predicted octanol–water partition coefficient (Wildman–Crippen LogP) is 5.70. The van der Waals surface area contributed by atoms with Crippen LogP contribution in [0.3, 0.4) is 0 Å². The van der Waals surface area contributed by atoms with Gasteiger partial charge in [0, 0.05) is 49.6 Å². The van der Waals surface area contributed by atoms with E-state index in [-0.39, 0.29) is 21.7 Å². The Morgan fingerprint density at radius 2 is 0.500 bits per heavy atom. The molecule has 4 bridgehead atoms. The number of hydrogen-bond donors (Lipinski definition) is 0.